The third kappa shape index (κ3) is 7.80. The predicted molar refractivity (Wildman–Crippen MR) is 219 cm³/mol. The molecular weight excluding hydrogens is 742 g/mol. The average Bonchev–Trinajstić information content (AvgIpc) is 3.79. The molecule has 4 aromatic carbocycles. The van der Waals surface area contributed by atoms with Gasteiger partial charge in [0.05, 0.1) is 27.2 Å². The minimum Gasteiger partial charge on any atom is -0.497 e. The zero-order valence-corrected chi connectivity index (χ0v) is 34.2. The fourth-order valence-electron chi connectivity index (χ4n) is 6.88. The number of amides is 1. The summed E-state index contributed by atoms with van der Waals surface area (Å²) in [7, 11) is 0.661. The maximum Gasteiger partial charge on any atom is 0.256 e. The van der Waals surface area contributed by atoms with Gasteiger partial charge in [0.2, 0.25) is 0 Å². The second-order valence-corrected chi connectivity index (χ2v) is 20.3. The SMILES string of the molecule is COc1ccc(C(OC[C@H]2O[C@@H](n3cnc4c(NC(=O)c5ccccc5)ncnc43)[C@H](O[Si](C)(C)C(C)(C)C)[C@H]2F)(c2ccccc2)c2ccc(OC)cc2)cc1. The van der Waals surface area contributed by atoms with Crippen LogP contribution in [-0.4, -0.2) is 72.9 Å². The zero-order chi connectivity index (χ0) is 40.4. The molecule has 57 heavy (non-hydrogen) atoms. The molecule has 0 radical (unpaired) electrons. The van der Waals surface area contributed by atoms with Gasteiger partial charge in [0, 0.05) is 5.56 Å². The lowest BCUT2D eigenvalue weighted by molar-refractivity contribution is -0.0888. The summed E-state index contributed by atoms with van der Waals surface area (Å²) in [4.78, 5) is 26.6. The number of ether oxygens (including phenoxy) is 4. The van der Waals surface area contributed by atoms with Gasteiger partial charge in [0.1, 0.15) is 35.6 Å². The summed E-state index contributed by atoms with van der Waals surface area (Å²) >= 11 is 0. The number of rotatable bonds is 13. The first-order valence-electron chi connectivity index (χ1n) is 18.9. The second-order valence-electron chi connectivity index (χ2n) is 15.5. The Hall–Kier alpha value is -5.47. The van der Waals surface area contributed by atoms with E-state index in [1.807, 2.05) is 84.9 Å². The predicted octanol–water partition coefficient (Wildman–Crippen LogP) is 8.73. The number of aromatic nitrogens is 4. The second kappa shape index (κ2) is 16.2. The molecule has 1 aliphatic rings. The number of fused-ring (bicyclic) bond motifs is 1. The number of carbonyl (C=O) groups is 1. The molecule has 0 spiro atoms. The molecule has 1 N–H and O–H groups in total. The number of hydrogen-bond donors (Lipinski definition) is 1. The summed E-state index contributed by atoms with van der Waals surface area (Å²) in [6, 6.07) is 34.0. The summed E-state index contributed by atoms with van der Waals surface area (Å²) in [5.41, 5.74) is 2.39. The van der Waals surface area contributed by atoms with Crippen molar-refractivity contribution in [2.24, 2.45) is 0 Å². The quantitative estimate of drug-likeness (QED) is 0.0906. The number of methoxy groups -OCH3 is 2. The molecule has 7 rings (SSSR count). The largest absolute Gasteiger partial charge is 0.497 e. The Balaban J connectivity index is 1.28. The number of alkyl halides is 1. The molecule has 1 aliphatic heterocycles. The molecule has 0 saturated carbocycles. The summed E-state index contributed by atoms with van der Waals surface area (Å²) in [5.74, 6) is 1.24. The Morgan fingerprint density at radius 3 is 1.93 bits per heavy atom. The maximum atomic E-state index is 17.4. The van der Waals surface area contributed by atoms with E-state index in [1.165, 1.54) is 12.7 Å². The van der Waals surface area contributed by atoms with Crippen molar-refractivity contribution in [2.45, 2.75) is 69.1 Å². The van der Waals surface area contributed by atoms with Crippen LogP contribution in [-0.2, 0) is 19.5 Å². The van der Waals surface area contributed by atoms with Crippen LogP contribution in [0, 0.1) is 0 Å². The van der Waals surface area contributed by atoms with E-state index in [2.05, 4.69) is 54.1 Å². The molecule has 0 bridgehead atoms. The van der Waals surface area contributed by atoms with Gasteiger partial charge in [-0.25, -0.2) is 19.3 Å². The van der Waals surface area contributed by atoms with E-state index < -0.39 is 38.5 Å². The van der Waals surface area contributed by atoms with Gasteiger partial charge >= 0.3 is 0 Å². The molecule has 0 aliphatic carbocycles. The minimum absolute atomic E-state index is 0.151. The monoisotopic (exact) mass is 789 g/mol. The summed E-state index contributed by atoms with van der Waals surface area (Å²) in [5, 5.41) is 2.62. The molecule has 11 nitrogen and oxygen atoms in total. The number of hydrogen-bond acceptors (Lipinski definition) is 9. The number of nitrogens with zero attached hydrogens (tertiary/aromatic N) is 4. The summed E-state index contributed by atoms with van der Waals surface area (Å²) in [6.07, 6.45) is -1.83. The van der Waals surface area contributed by atoms with E-state index >= 15 is 4.39 Å². The molecule has 1 amide bonds. The van der Waals surface area contributed by atoms with Crippen LogP contribution in [0.1, 0.15) is 54.0 Å². The van der Waals surface area contributed by atoms with Crippen LogP contribution in [0.4, 0.5) is 10.2 Å². The molecule has 2 aromatic heterocycles. The van der Waals surface area contributed by atoms with E-state index in [-0.39, 0.29) is 23.4 Å². The summed E-state index contributed by atoms with van der Waals surface area (Å²) in [6.45, 7) is 10.3. The van der Waals surface area contributed by atoms with Crippen molar-refractivity contribution in [3.05, 3.63) is 144 Å². The molecule has 0 unspecified atom stereocenters. The van der Waals surface area contributed by atoms with E-state index in [0.717, 1.165) is 16.7 Å². The maximum absolute atomic E-state index is 17.4. The van der Waals surface area contributed by atoms with Crippen molar-refractivity contribution in [1.82, 2.24) is 19.5 Å². The smallest absolute Gasteiger partial charge is 0.256 e. The van der Waals surface area contributed by atoms with Gasteiger partial charge in [-0.3, -0.25) is 9.36 Å². The lowest BCUT2D eigenvalue weighted by Crippen LogP contribution is -2.48. The van der Waals surface area contributed by atoms with Gasteiger partial charge < -0.3 is 28.7 Å². The standard InChI is InChI=1S/C44H48FN5O6Si/c1-43(2,3)57(6,7)56-38-36(45)35(55-42(38)50-28-48-37-39(46-27-47-40(37)50)49-41(51)29-14-10-8-11-15-29)26-54-44(30-16-12-9-13-17-30,31-18-22-33(52-4)23-19-31)32-20-24-34(53-5)25-21-32/h8-25,27-28,35-36,38,42H,26H2,1-7H3,(H,46,47,49,51)/t35-,36+,38-,42-/m1/s1. The van der Waals surface area contributed by atoms with Crippen molar-refractivity contribution >= 4 is 31.2 Å². The van der Waals surface area contributed by atoms with Crippen molar-refractivity contribution in [2.75, 3.05) is 26.1 Å². The highest BCUT2D eigenvalue weighted by molar-refractivity contribution is 6.74. The molecule has 296 valence electrons. The highest BCUT2D eigenvalue weighted by Crippen LogP contribution is 2.46. The van der Waals surface area contributed by atoms with Crippen LogP contribution in [0.3, 0.4) is 0 Å². The fraction of sp³-hybridized carbons (Fsp3) is 0.318. The highest BCUT2D eigenvalue weighted by atomic mass is 28.4. The average molecular weight is 790 g/mol. The van der Waals surface area contributed by atoms with Crippen molar-refractivity contribution in [3.63, 3.8) is 0 Å². The van der Waals surface area contributed by atoms with Crippen molar-refractivity contribution < 1.29 is 32.6 Å². The minimum atomic E-state index is -2.58. The third-order valence-corrected chi connectivity index (χ3v) is 15.5. The van der Waals surface area contributed by atoms with E-state index in [0.29, 0.717) is 28.2 Å². The summed E-state index contributed by atoms with van der Waals surface area (Å²) < 4.78 is 50.7. The van der Waals surface area contributed by atoms with Crippen LogP contribution in [0.15, 0.2) is 122 Å². The number of nitrogens with one attached hydrogen (secondary N) is 1. The first kappa shape index (κ1) is 39.8. The van der Waals surface area contributed by atoms with Gasteiger partial charge in [-0.1, -0.05) is 93.6 Å². The van der Waals surface area contributed by atoms with Crippen LogP contribution >= 0.6 is 0 Å². The Morgan fingerprint density at radius 2 is 1.37 bits per heavy atom. The molecule has 1 saturated heterocycles. The van der Waals surface area contributed by atoms with E-state index in [4.69, 9.17) is 23.4 Å². The number of carbonyl (C=O) groups excluding carboxylic acids is 1. The normalized spacial score (nSPS) is 18.7. The Morgan fingerprint density at radius 1 is 0.807 bits per heavy atom. The molecule has 13 heteroatoms. The molecule has 4 atom stereocenters. The Kier molecular flexibility index (Phi) is 11.3. The lowest BCUT2D eigenvalue weighted by atomic mass is 9.80. The van der Waals surface area contributed by atoms with Gasteiger partial charge in [0.25, 0.3) is 5.91 Å². The van der Waals surface area contributed by atoms with Crippen molar-refractivity contribution in [3.8, 4) is 11.5 Å². The third-order valence-electron chi connectivity index (χ3n) is 11.0. The first-order chi connectivity index (χ1) is 27.4. The Bertz CT molecular complexity index is 2240. The molecule has 1 fully saturated rings. The van der Waals surface area contributed by atoms with Crippen LogP contribution < -0.4 is 14.8 Å². The number of benzene rings is 4. The molecule has 6 aromatic rings. The topological polar surface area (TPSA) is 119 Å². The fourth-order valence-corrected chi connectivity index (χ4v) is 8.16. The van der Waals surface area contributed by atoms with Crippen LogP contribution in [0.5, 0.6) is 11.5 Å². The number of imidazole rings is 1. The van der Waals surface area contributed by atoms with Crippen LogP contribution in [0.25, 0.3) is 11.2 Å². The first-order valence-corrected chi connectivity index (χ1v) is 21.8. The lowest BCUT2D eigenvalue weighted by Gasteiger charge is -2.39. The highest BCUT2D eigenvalue weighted by Gasteiger charge is 2.53. The molecular formula is C44H48FN5O6Si. The zero-order valence-electron chi connectivity index (χ0n) is 33.2. The Labute approximate surface area is 333 Å². The van der Waals surface area contributed by atoms with Gasteiger partial charge in [0.15, 0.2) is 37.7 Å². The van der Waals surface area contributed by atoms with Gasteiger partial charge in [-0.2, -0.15) is 0 Å². The number of halogens is 1. The van der Waals surface area contributed by atoms with Gasteiger partial charge in [-0.05, 0) is 71.2 Å². The number of anilines is 1. The van der Waals surface area contributed by atoms with E-state index in [9.17, 15) is 4.79 Å². The van der Waals surface area contributed by atoms with Gasteiger partial charge in [-0.15, -0.1) is 0 Å². The van der Waals surface area contributed by atoms with Crippen LogP contribution in [0.2, 0.25) is 18.1 Å². The van der Waals surface area contributed by atoms with E-state index in [1.54, 1.807) is 43.1 Å². The molecule has 3 heterocycles. The van der Waals surface area contributed by atoms with Crippen molar-refractivity contribution in [1.29, 1.82) is 0 Å².